The molecule has 4 rings (SSSR count). The van der Waals surface area contributed by atoms with Crippen molar-refractivity contribution in [3.8, 4) is 11.4 Å². The van der Waals surface area contributed by atoms with Crippen LogP contribution in [0.1, 0.15) is 56.2 Å². The van der Waals surface area contributed by atoms with Crippen molar-refractivity contribution in [2.24, 2.45) is 11.3 Å². The number of amides is 1. The molecule has 1 fully saturated rings. The average molecular weight is 409 g/mol. The minimum Gasteiger partial charge on any atom is -0.359 e. The van der Waals surface area contributed by atoms with Crippen LogP contribution in [-0.2, 0) is 17.9 Å². The van der Waals surface area contributed by atoms with E-state index in [0.29, 0.717) is 11.7 Å². The van der Waals surface area contributed by atoms with Crippen LogP contribution in [0, 0.1) is 11.3 Å². The van der Waals surface area contributed by atoms with E-state index in [-0.39, 0.29) is 23.5 Å². The maximum Gasteiger partial charge on any atom is 0.223 e. The van der Waals surface area contributed by atoms with E-state index in [1.54, 1.807) is 7.05 Å². The molecule has 0 radical (unpaired) electrons. The number of nitrogens with zero attached hydrogens (tertiary/aromatic N) is 3. The van der Waals surface area contributed by atoms with E-state index in [9.17, 15) is 9.59 Å². The fraction of sp³-hybridized carbons (Fsp3) is 0.542. The molecule has 0 saturated heterocycles. The Balaban J connectivity index is 1.70. The largest absolute Gasteiger partial charge is 0.359 e. The van der Waals surface area contributed by atoms with E-state index in [1.165, 1.54) is 12.8 Å². The molecule has 1 amide bonds. The molecule has 6 nitrogen and oxygen atoms in total. The Morgan fingerprint density at radius 1 is 1.17 bits per heavy atom. The van der Waals surface area contributed by atoms with Crippen molar-refractivity contribution < 1.29 is 9.59 Å². The van der Waals surface area contributed by atoms with Gasteiger partial charge in [-0.15, -0.1) is 0 Å². The highest BCUT2D eigenvalue weighted by molar-refractivity contribution is 5.98. The molecule has 1 aromatic carbocycles. The first-order valence-electron chi connectivity index (χ1n) is 10.9. The van der Waals surface area contributed by atoms with Gasteiger partial charge >= 0.3 is 0 Å². The molecule has 30 heavy (non-hydrogen) atoms. The van der Waals surface area contributed by atoms with Crippen LogP contribution in [0.5, 0.6) is 0 Å². The summed E-state index contributed by atoms with van der Waals surface area (Å²) in [6.45, 7) is 8.61. The number of benzene rings is 1. The highest BCUT2D eigenvalue weighted by atomic mass is 16.2. The zero-order valence-electron chi connectivity index (χ0n) is 18.4. The Morgan fingerprint density at radius 2 is 1.87 bits per heavy atom. The number of imidazole rings is 1. The number of carbonyl (C=O) groups is 2. The Labute approximate surface area is 178 Å². The average Bonchev–Trinajstić information content (AvgIpc) is 3.51. The van der Waals surface area contributed by atoms with Crippen molar-refractivity contribution in [2.45, 2.75) is 59.2 Å². The summed E-state index contributed by atoms with van der Waals surface area (Å²) in [6, 6.07) is 10.7. The summed E-state index contributed by atoms with van der Waals surface area (Å²) >= 11 is 0. The van der Waals surface area contributed by atoms with Crippen molar-refractivity contribution in [3.05, 3.63) is 41.7 Å². The Hall–Kier alpha value is -2.47. The summed E-state index contributed by atoms with van der Waals surface area (Å²) in [4.78, 5) is 33.3. The molecule has 6 heteroatoms. The third-order valence-electron chi connectivity index (χ3n) is 6.39. The fourth-order valence-electron chi connectivity index (χ4n) is 4.42. The summed E-state index contributed by atoms with van der Waals surface area (Å²) < 4.78 is 2.22. The maximum atomic E-state index is 13.5. The Kier molecular flexibility index (Phi) is 5.53. The predicted octanol–water partition coefficient (Wildman–Crippen LogP) is 3.51. The third kappa shape index (κ3) is 4.06. The number of hydrogen-bond acceptors (Lipinski definition) is 4. The van der Waals surface area contributed by atoms with Gasteiger partial charge < -0.3 is 9.88 Å². The highest BCUT2D eigenvalue weighted by Crippen LogP contribution is 2.35. The molecular weight excluding hydrogens is 376 g/mol. The van der Waals surface area contributed by atoms with Gasteiger partial charge in [-0.25, -0.2) is 4.98 Å². The second-order valence-electron chi connectivity index (χ2n) is 9.61. The van der Waals surface area contributed by atoms with E-state index in [1.807, 2.05) is 51.1 Å². The molecule has 1 atom stereocenters. The monoisotopic (exact) mass is 408 g/mol. The normalized spacial score (nSPS) is 18.0. The van der Waals surface area contributed by atoms with Gasteiger partial charge in [0.15, 0.2) is 5.78 Å². The Morgan fingerprint density at radius 3 is 2.47 bits per heavy atom. The minimum atomic E-state index is -0.393. The van der Waals surface area contributed by atoms with Gasteiger partial charge in [-0.1, -0.05) is 51.1 Å². The second kappa shape index (κ2) is 7.99. The molecule has 1 aromatic heterocycles. The van der Waals surface area contributed by atoms with Crippen molar-refractivity contribution in [2.75, 3.05) is 13.6 Å². The van der Waals surface area contributed by atoms with Crippen LogP contribution in [0.15, 0.2) is 30.3 Å². The fourth-order valence-corrected chi connectivity index (χ4v) is 4.42. The molecule has 2 heterocycles. The van der Waals surface area contributed by atoms with Gasteiger partial charge in [0.25, 0.3) is 0 Å². The van der Waals surface area contributed by atoms with Gasteiger partial charge in [0.1, 0.15) is 11.5 Å². The summed E-state index contributed by atoms with van der Waals surface area (Å²) in [5.41, 5.74) is 2.26. The van der Waals surface area contributed by atoms with Crippen molar-refractivity contribution in [1.29, 1.82) is 0 Å². The number of Topliss-reactive ketones (excluding diaryl/α,β-unsaturated/α-hetero) is 1. The van der Waals surface area contributed by atoms with Crippen molar-refractivity contribution >= 4 is 11.7 Å². The quantitative estimate of drug-likeness (QED) is 0.743. The molecule has 1 saturated carbocycles. The van der Waals surface area contributed by atoms with E-state index in [0.717, 1.165) is 36.7 Å². The number of ketones is 1. The van der Waals surface area contributed by atoms with Gasteiger partial charge in [-0.3, -0.25) is 14.5 Å². The SMILES string of the molecule is CNC(=O)[C@@H](CC(=O)c1nc(-c2ccccc2)n2c1CN(C1CC1)CC2)C(C)(C)C. The molecule has 2 aromatic rings. The smallest absolute Gasteiger partial charge is 0.223 e. The molecule has 160 valence electrons. The molecule has 1 aliphatic heterocycles. The summed E-state index contributed by atoms with van der Waals surface area (Å²) in [6.07, 6.45) is 2.66. The first kappa shape index (κ1) is 20.8. The first-order valence-corrected chi connectivity index (χ1v) is 10.9. The topological polar surface area (TPSA) is 67.2 Å². The predicted molar refractivity (Wildman–Crippen MR) is 117 cm³/mol. The lowest BCUT2D eigenvalue weighted by Gasteiger charge is -2.30. The number of rotatable bonds is 6. The summed E-state index contributed by atoms with van der Waals surface area (Å²) in [5, 5.41) is 2.73. The van der Waals surface area contributed by atoms with Crippen LogP contribution in [0.25, 0.3) is 11.4 Å². The standard InChI is InChI=1S/C24H32N4O2/c1-24(2,3)18(23(30)25-4)14-20(29)21-19-15-27(17-10-11-17)12-13-28(19)22(26-21)16-8-6-5-7-9-16/h5-9,17-18H,10-15H2,1-4H3,(H,25,30)/t18-/m1/s1. The lowest BCUT2D eigenvalue weighted by atomic mass is 9.77. The number of aromatic nitrogens is 2. The first-order chi connectivity index (χ1) is 14.3. The molecule has 1 aliphatic carbocycles. The summed E-state index contributed by atoms with van der Waals surface area (Å²) in [7, 11) is 1.63. The van der Waals surface area contributed by atoms with Gasteiger partial charge in [-0.2, -0.15) is 0 Å². The molecule has 0 spiro atoms. The van der Waals surface area contributed by atoms with E-state index in [2.05, 4.69) is 14.8 Å². The van der Waals surface area contributed by atoms with E-state index < -0.39 is 5.92 Å². The van der Waals surface area contributed by atoms with Crippen molar-refractivity contribution in [1.82, 2.24) is 19.8 Å². The molecular formula is C24H32N4O2. The van der Waals surface area contributed by atoms with Crippen LogP contribution < -0.4 is 5.32 Å². The second-order valence-corrected chi connectivity index (χ2v) is 9.61. The van der Waals surface area contributed by atoms with E-state index in [4.69, 9.17) is 4.98 Å². The molecule has 0 unspecified atom stereocenters. The van der Waals surface area contributed by atoms with E-state index >= 15 is 0 Å². The number of fused-ring (bicyclic) bond motifs is 1. The van der Waals surface area contributed by atoms with Crippen LogP contribution in [0.3, 0.4) is 0 Å². The minimum absolute atomic E-state index is 0.0397. The third-order valence-corrected chi connectivity index (χ3v) is 6.39. The lowest BCUT2D eigenvalue weighted by molar-refractivity contribution is -0.127. The highest BCUT2D eigenvalue weighted by Gasteiger charge is 2.37. The number of nitrogens with one attached hydrogen (secondary N) is 1. The van der Waals surface area contributed by atoms with Crippen LogP contribution in [0.4, 0.5) is 0 Å². The van der Waals surface area contributed by atoms with Gasteiger partial charge in [0.05, 0.1) is 11.6 Å². The van der Waals surface area contributed by atoms with Gasteiger partial charge in [-0.05, 0) is 18.3 Å². The molecule has 2 aliphatic rings. The lowest BCUT2D eigenvalue weighted by Crippen LogP contribution is -2.38. The van der Waals surface area contributed by atoms with Crippen LogP contribution in [0.2, 0.25) is 0 Å². The van der Waals surface area contributed by atoms with Crippen molar-refractivity contribution in [3.63, 3.8) is 0 Å². The van der Waals surface area contributed by atoms with Crippen LogP contribution in [-0.4, -0.2) is 45.8 Å². The summed E-state index contributed by atoms with van der Waals surface area (Å²) in [5.74, 6) is 0.334. The number of hydrogen-bond donors (Lipinski definition) is 1. The Bertz CT molecular complexity index is 938. The number of carbonyl (C=O) groups excluding carboxylic acids is 2. The van der Waals surface area contributed by atoms with Gasteiger partial charge in [0, 0.05) is 44.7 Å². The maximum absolute atomic E-state index is 13.5. The van der Waals surface area contributed by atoms with Gasteiger partial charge in [0.2, 0.25) is 5.91 Å². The molecule has 0 bridgehead atoms. The molecule has 1 N–H and O–H groups in total. The zero-order chi connectivity index (χ0) is 21.5. The zero-order valence-corrected chi connectivity index (χ0v) is 18.4. The van der Waals surface area contributed by atoms with Crippen LogP contribution >= 0.6 is 0 Å².